The molecule has 2 fully saturated rings. The van der Waals surface area contributed by atoms with Crippen molar-refractivity contribution in [1.82, 2.24) is 10.0 Å². The van der Waals surface area contributed by atoms with Gasteiger partial charge in [-0.2, -0.15) is 0 Å². The molecule has 0 aromatic heterocycles. The summed E-state index contributed by atoms with van der Waals surface area (Å²) in [5.74, 6) is -0.496. The van der Waals surface area contributed by atoms with Crippen molar-refractivity contribution >= 4 is 15.9 Å². The average Bonchev–Trinajstić information content (AvgIpc) is 3.22. The van der Waals surface area contributed by atoms with E-state index in [9.17, 15) is 17.6 Å². The minimum absolute atomic E-state index is 0.0211. The fourth-order valence-corrected chi connectivity index (χ4v) is 4.91. The summed E-state index contributed by atoms with van der Waals surface area (Å²) in [5.41, 5.74) is 0.0210. The molecule has 0 radical (unpaired) electrons. The smallest absolute Gasteiger partial charge is 0.251 e. The number of alkyl halides is 1. The summed E-state index contributed by atoms with van der Waals surface area (Å²) in [6.07, 6.45) is 4.89. The molecule has 8 heteroatoms. The van der Waals surface area contributed by atoms with Crippen molar-refractivity contribution < 1.29 is 22.3 Å². The number of nitrogens with one attached hydrogen (secondary N) is 2. The lowest BCUT2D eigenvalue weighted by Gasteiger charge is -2.21. The number of hydrogen-bond acceptors (Lipinski definition) is 4. The van der Waals surface area contributed by atoms with Crippen LogP contribution in [0.15, 0.2) is 29.2 Å². The molecule has 0 bridgehead atoms. The van der Waals surface area contributed by atoms with Gasteiger partial charge in [0.05, 0.1) is 17.1 Å². The Morgan fingerprint density at radius 1 is 1.32 bits per heavy atom. The highest BCUT2D eigenvalue weighted by Crippen LogP contribution is 2.41. The van der Waals surface area contributed by atoms with E-state index in [-0.39, 0.29) is 28.6 Å². The van der Waals surface area contributed by atoms with Crippen molar-refractivity contribution in [2.24, 2.45) is 0 Å². The quantitative estimate of drug-likeness (QED) is 0.799. The van der Waals surface area contributed by atoms with Crippen LogP contribution in [0.1, 0.15) is 42.5 Å². The second-order valence-corrected chi connectivity index (χ2v) is 8.41. The molecule has 1 amide bonds. The van der Waals surface area contributed by atoms with Crippen LogP contribution in [0.25, 0.3) is 0 Å². The normalized spacial score (nSPS) is 22.4. The molecule has 1 aromatic carbocycles. The zero-order valence-electron chi connectivity index (χ0n) is 14.0. The molecule has 25 heavy (non-hydrogen) atoms. The third-order valence-electron chi connectivity index (χ3n) is 4.83. The van der Waals surface area contributed by atoms with E-state index in [0.717, 1.165) is 25.7 Å². The molecule has 1 atom stereocenters. The zero-order valence-corrected chi connectivity index (χ0v) is 14.8. The minimum Gasteiger partial charge on any atom is -0.373 e. The number of sulfonamides is 1. The van der Waals surface area contributed by atoms with Crippen LogP contribution in [-0.4, -0.2) is 45.8 Å². The van der Waals surface area contributed by atoms with Crippen LogP contribution in [0.3, 0.4) is 0 Å². The molecule has 1 unspecified atom stereocenters. The van der Waals surface area contributed by atoms with Gasteiger partial charge in [-0.25, -0.2) is 17.5 Å². The van der Waals surface area contributed by atoms with Crippen molar-refractivity contribution in [2.75, 3.05) is 19.8 Å². The van der Waals surface area contributed by atoms with E-state index in [4.69, 9.17) is 4.74 Å². The lowest BCUT2D eigenvalue weighted by Crippen LogP contribution is -2.36. The largest absolute Gasteiger partial charge is 0.373 e. The zero-order chi connectivity index (χ0) is 17.9. The van der Waals surface area contributed by atoms with E-state index < -0.39 is 22.6 Å². The molecule has 3 rings (SSSR count). The van der Waals surface area contributed by atoms with Crippen molar-refractivity contribution in [3.05, 3.63) is 29.8 Å². The molecule has 2 N–H and O–H groups in total. The molecule has 1 aromatic rings. The van der Waals surface area contributed by atoms with E-state index in [1.54, 1.807) is 0 Å². The second kappa shape index (κ2) is 7.39. The lowest BCUT2D eigenvalue weighted by atomic mass is 9.97. The van der Waals surface area contributed by atoms with Crippen LogP contribution in [-0.2, 0) is 14.8 Å². The summed E-state index contributed by atoms with van der Waals surface area (Å²) < 4.78 is 46.0. The summed E-state index contributed by atoms with van der Waals surface area (Å²) in [4.78, 5) is 11.9. The number of hydrogen-bond donors (Lipinski definition) is 2. The van der Waals surface area contributed by atoms with Crippen LogP contribution >= 0.6 is 0 Å². The van der Waals surface area contributed by atoms with Gasteiger partial charge in [0.15, 0.2) is 0 Å². The third kappa shape index (κ3) is 4.19. The average molecular weight is 370 g/mol. The Morgan fingerprint density at radius 2 is 2.08 bits per heavy atom. The molecule has 6 nitrogen and oxygen atoms in total. The van der Waals surface area contributed by atoms with Crippen molar-refractivity contribution in [2.45, 2.75) is 48.6 Å². The number of benzene rings is 1. The van der Waals surface area contributed by atoms with Crippen LogP contribution < -0.4 is 10.0 Å². The summed E-state index contributed by atoms with van der Waals surface area (Å²) in [6.45, 7) is -0.403. The summed E-state index contributed by atoms with van der Waals surface area (Å²) in [5, 5.41) is 2.38. The predicted octanol–water partition coefficient (Wildman–Crippen LogP) is 1.77. The molecule has 1 aliphatic carbocycles. The number of carbonyl (C=O) groups is 1. The maximum absolute atomic E-state index is 12.6. The summed E-state index contributed by atoms with van der Waals surface area (Å²) >= 11 is 0. The topological polar surface area (TPSA) is 84.5 Å². The number of amides is 1. The van der Waals surface area contributed by atoms with Crippen LogP contribution in [0.5, 0.6) is 0 Å². The SMILES string of the molecule is O=C(NCCF)c1cccc(S(=O)(=O)NC2COC3(CCCC3)C2)c1. The first-order valence-corrected chi connectivity index (χ1v) is 10.0. The highest BCUT2D eigenvalue weighted by molar-refractivity contribution is 7.89. The molecule has 138 valence electrons. The minimum atomic E-state index is -3.75. The van der Waals surface area contributed by atoms with Gasteiger partial charge in [-0.3, -0.25) is 4.79 Å². The van der Waals surface area contributed by atoms with E-state index in [2.05, 4.69) is 10.0 Å². The van der Waals surface area contributed by atoms with E-state index >= 15 is 0 Å². The Balaban J connectivity index is 1.69. The lowest BCUT2D eigenvalue weighted by molar-refractivity contribution is 0.0101. The molecule has 1 spiro atoms. The molecular weight excluding hydrogens is 347 g/mol. The molecular formula is C17H23FN2O4S. The third-order valence-corrected chi connectivity index (χ3v) is 6.35. The van der Waals surface area contributed by atoms with Crippen molar-refractivity contribution in [1.29, 1.82) is 0 Å². The second-order valence-electron chi connectivity index (χ2n) is 6.70. The summed E-state index contributed by atoms with van der Waals surface area (Å²) in [6, 6.07) is 5.49. The first-order valence-electron chi connectivity index (χ1n) is 8.55. The predicted molar refractivity (Wildman–Crippen MR) is 90.6 cm³/mol. The van der Waals surface area contributed by atoms with E-state index in [1.807, 2.05) is 0 Å². The maximum Gasteiger partial charge on any atom is 0.251 e. The molecule has 1 saturated heterocycles. The van der Waals surface area contributed by atoms with Crippen molar-refractivity contribution in [3.8, 4) is 0 Å². The Kier molecular flexibility index (Phi) is 5.41. The van der Waals surface area contributed by atoms with Gasteiger partial charge in [-0.15, -0.1) is 0 Å². The van der Waals surface area contributed by atoms with Gasteiger partial charge in [-0.1, -0.05) is 18.9 Å². The first-order chi connectivity index (χ1) is 11.9. The Labute approximate surface area is 147 Å². The van der Waals surface area contributed by atoms with Gasteiger partial charge >= 0.3 is 0 Å². The van der Waals surface area contributed by atoms with Gasteiger partial charge in [-0.05, 0) is 37.5 Å². The maximum atomic E-state index is 12.6. The first kappa shape index (κ1) is 18.3. The molecule has 1 aliphatic heterocycles. The standard InChI is InChI=1S/C17H23FN2O4S/c18-8-9-19-16(21)13-4-3-5-15(10-13)25(22,23)20-14-11-17(24-12-14)6-1-2-7-17/h3-5,10,14,20H,1-2,6-9,11-12H2,(H,19,21). The Bertz CT molecular complexity index is 732. The number of ether oxygens (including phenoxy) is 1. The van der Waals surface area contributed by atoms with Gasteiger partial charge < -0.3 is 10.1 Å². The van der Waals surface area contributed by atoms with Gasteiger partial charge in [0.1, 0.15) is 6.67 Å². The highest BCUT2D eigenvalue weighted by atomic mass is 32.2. The van der Waals surface area contributed by atoms with Gasteiger partial charge in [0.2, 0.25) is 10.0 Å². The van der Waals surface area contributed by atoms with Crippen LogP contribution in [0, 0.1) is 0 Å². The number of rotatable bonds is 6. The van der Waals surface area contributed by atoms with Gasteiger partial charge in [0, 0.05) is 18.2 Å². The molecule has 1 heterocycles. The van der Waals surface area contributed by atoms with Crippen LogP contribution in [0.2, 0.25) is 0 Å². The monoisotopic (exact) mass is 370 g/mol. The fraction of sp³-hybridized carbons (Fsp3) is 0.588. The van der Waals surface area contributed by atoms with Gasteiger partial charge in [0.25, 0.3) is 5.91 Å². The Morgan fingerprint density at radius 3 is 2.80 bits per heavy atom. The Hall–Kier alpha value is -1.51. The molecule has 1 saturated carbocycles. The van der Waals surface area contributed by atoms with Crippen LogP contribution in [0.4, 0.5) is 4.39 Å². The highest BCUT2D eigenvalue weighted by Gasteiger charge is 2.43. The van der Waals surface area contributed by atoms with Crippen molar-refractivity contribution in [3.63, 3.8) is 0 Å². The number of carbonyl (C=O) groups excluding carboxylic acids is 1. The molecule has 2 aliphatic rings. The van der Waals surface area contributed by atoms with E-state index in [1.165, 1.54) is 24.3 Å². The fourth-order valence-electron chi connectivity index (χ4n) is 3.64. The van der Waals surface area contributed by atoms with E-state index in [0.29, 0.717) is 13.0 Å². The number of halogens is 1. The summed E-state index contributed by atoms with van der Waals surface area (Å²) in [7, 11) is -3.75.